The summed E-state index contributed by atoms with van der Waals surface area (Å²) in [7, 11) is 1.61. The molecule has 0 aliphatic heterocycles. The fraction of sp³-hybridized carbons (Fsp3) is 0.222. The van der Waals surface area contributed by atoms with Gasteiger partial charge in [-0.1, -0.05) is 23.9 Å². The summed E-state index contributed by atoms with van der Waals surface area (Å²) in [6.07, 6.45) is 0.760. The van der Waals surface area contributed by atoms with Crippen molar-refractivity contribution in [1.82, 2.24) is 9.55 Å². The van der Waals surface area contributed by atoms with Gasteiger partial charge < -0.3 is 4.74 Å². The molecule has 0 aliphatic carbocycles. The van der Waals surface area contributed by atoms with Crippen molar-refractivity contribution in [2.45, 2.75) is 11.6 Å². The van der Waals surface area contributed by atoms with Gasteiger partial charge in [-0.15, -0.1) is 0 Å². The minimum Gasteiger partial charge on any atom is -0.385 e. The lowest BCUT2D eigenvalue weighted by atomic mass is 10.2. The SMILES string of the molecule is COCCCSc1nc2ccccc2c(=O)n1-c1ccc(F)cc1F. The lowest BCUT2D eigenvalue weighted by Gasteiger charge is -2.14. The molecule has 7 heteroatoms. The van der Waals surface area contributed by atoms with Crippen molar-refractivity contribution in [2.75, 3.05) is 19.5 Å². The zero-order chi connectivity index (χ0) is 17.8. The van der Waals surface area contributed by atoms with Crippen LogP contribution in [0.2, 0.25) is 0 Å². The number of fused-ring (bicyclic) bond motifs is 1. The highest BCUT2D eigenvalue weighted by atomic mass is 32.2. The monoisotopic (exact) mass is 362 g/mol. The van der Waals surface area contributed by atoms with Crippen LogP contribution in [0.5, 0.6) is 0 Å². The molecule has 3 rings (SSSR count). The van der Waals surface area contributed by atoms with Gasteiger partial charge in [-0.3, -0.25) is 9.36 Å². The summed E-state index contributed by atoms with van der Waals surface area (Å²) < 4.78 is 33.7. The molecule has 4 nitrogen and oxygen atoms in total. The van der Waals surface area contributed by atoms with E-state index < -0.39 is 11.6 Å². The average molecular weight is 362 g/mol. The Morgan fingerprint density at radius 2 is 2.00 bits per heavy atom. The van der Waals surface area contributed by atoms with E-state index in [-0.39, 0.29) is 11.2 Å². The molecule has 1 heterocycles. The molecule has 0 aliphatic rings. The van der Waals surface area contributed by atoms with Gasteiger partial charge in [-0.25, -0.2) is 13.8 Å². The van der Waals surface area contributed by atoms with Crippen LogP contribution in [0.4, 0.5) is 8.78 Å². The second-order valence-electron chi connectivity index (χ2n) is 5.34. The molecule has 0 fully saturated rings. The molecule has 0 saturated heterocycles. The molecule has 0 amide bonds. The van der Waals surface area contributed by atoms with E-state index >= 15 is 0 Å². The quantitative estimate of drug-likeness (QED) is 0.380. The Morgan fingerprint density at radius 1 is 1.20 bits per heavy atom. The molecule has 1 aromatic heterocycles. The van der Waals surface area contributed by atoms with Gasteiger partial charge in [-0.2, -0.15) is 0 Å². The molecule has 25 heavy (non-hydrogen) atoms. The highest BCUT2D eigenvalue weighted by Gasteiger charge is 2.16. The first-order chi connectivity index (χ1) is 12.1. The summed E-state index contributed by atoms with van der Waals surface area (Å²) >= 11 is 1.34. The van der Waals surface area contributed by atoms with E-state index in [4.69, 9.17) is 4.74 Å². The van der Waals surface area contributed by atoms with E-state index in [1.54, 1.807) is 31.4 Å². The van der Waals surface area contributed by atoms with Gasteiger partial charge in [0.1, 0.15) is 11.6 Å². The Hall–Kier alpha value is -2.25. The molecule has 2 aromatic carbocycles. The first kappa shape index (κ1) is 17.6. The normalized spacial score (nSPS) is 11.2. The highest BCUT2D eigenvalue weighted by Crippen LogP contribution is 2.23. The Labute approximate surface area is 147 Å². The van der Waals surface area contributed by atoms with Crippen LogP contribution in [-0.4, -0.2) is 29.0 Å². The molecule has 0 radical (unpaired) electrons. The molecule has 0 spiro atoms. The number of methoxy groups -OCH3 is 1. The van der Waals surface area contributed by atoms with Crippen LogP contribution < -0.4 is 5.56 Å². The molecule has 0 N–H and O–H groups in total. The zero-order valence-corrected chi connectivity index (χ0v) is 14.4. The van der Waals surface area contributed by atoms with Crippen molar-refractivity contribution in [3.05, 3.63) is 64.5 Å². The Kier molecular flexibility index (Phi) is 5.45. The van der Waals surface area contributed by atoms with Gasteiger partial charge in [0.15, 0.2) is 5.16 Å². The summed E-state index contributed by atoms with van der Waals surface area (Å²) in [5, 5.41) is 0.748. The number of hydrogen-bond donors (Lipinski definition) is 0. The summed E-state index contributed by atoms with van der Waals surface area (Å²) in [4.78, 5) is 17.4. The minimum absolute atomic E-state index is 0.0149. The van der Waals surface area contributed by atoms with Crippen LogP contribution in [0.1, 0.15) is 6.42 Å². The molecule has 0 unspecified atom stereocenters. The van der Waals surface area contributed by atoms with Crippen LogP contribution in [0.15, 0.2) is 52.4 Å². The van der Waals surface area contributed by atoms with E-state index in [1.807, 2.05) is 0 Å². The number of nitrogens with zero attached hydrogens (tertiary/aromatic N) is 2. The number of hydrogen-bond acceptors (Lipinski definition) is 4. The van der Waals surface area contributed by atoms with Gasteiger partial charge in [0.2, 0.25) is 0 Å². The number of para-hydroxylation sites is 1. The fourth-order valence-electron chi connectivity index (χ4n) is 2.45. The van der Waals surface area contributed by atoms with Crippen LogP contribution in [0.3, 0.4) is 0 Å². The minimum atomic E-state index is -0.807. The zero-order valence-electron chi connectivity index (χ0n) is 13.5. The lowest BCUT2D eigenvalue weighted by molar-refractivity contribution is 0.200. The smallest absolute Gasteiger partial charge is 0.266 e. The van der Waals surface area contributed by atoms with E-state index in [9.17, 15) is 13.6 Å². The van der Waals surface area contributed by atoms with E-state index in [0.29, 0.717) is 28.4 Å². The third kappa shape index (κ3) is 3.72. The summed E-state index contributed by atoms with van der Waals surface area (Å²) in [6, 6.07) is 10.0. The maximum absolute atomic E-state index is 14.3. The van der Waals surface area contributed by atoms with Gasteiger partial charge in [0.25, 0.3) is 5.56 Å². The molecule has 0 atom stereocenters. The van der Waals surface area contributed by atoms with Crippen molar-refractivity contribution in [3.8, 4) is 5.69 Å². The topological polar surface area (TPSA) is 44.1 Å². The van der Waals surface area contributed by atoms with Crippen molar-refractivity contribution in [3.63, 3.8) is 0 Å². The van der Waals surface area contributed by atoms with Crippen LogP contribution in [0, 0.1) is 11.6 Å². The molecule has 130 valence electrons. The number of aromatic nitrogens is 2. The third-order valence-corrected chi connectivity index (χ3v) is 4.64. The predicted molar refractivity (Wildman–Crippen MR) is 94.5 cm³/mol. The number of halogens is 2. The van der Waals surface area contributed by atoms with Gasteiger partial charge in [0, 0.05) is 25.5 Å². The Bertz CT molecular complexity index is 959. The molecular formula is C18H16F2N2O2S. The standard InChI is InChI=1S/C18H16F2N2O2S/c1-24-9-4-10-25-18-21-15-6-3-2-5-13(15)17(23)22(18)16-8-7-12(19)11-14(16)20/h2-3,5-8,11H,4,9-10H2,1H3. The third-order valence-electron chi connectivity index (χ3n) is 3.62. The Morgan fingerprint density at radius 3 is 2.76 bits per heavy atom. The lowest BCUT2D eigenvalue weighted by Crippen LogP contribution is -2.23. The van der Waals surface area contributed by atoms with Gasteiger partial charge in [-0.05, 0) is 30.7 Å². The molecule has 0 saturated carbocycles. The molecule has 3 aromatic rings. The second kappa shape index (κ2) is 7.76. The van der Waals surface area contributed by atoms with Crippen LogP contribution in [0.25, 0.3) is 16.6 Å². The number of rotatable bonds is 6. The van der Waals surface area contributed by atoms with E-state index in [2.05, 4.69) is 4.98 Å². The van der Waals surface area contributed by atoms with Crippen molar-refractivity contribution >= 4 is 22.7 Å². The second-order valence-corrected chi connectivity index (χ2v) is 6.40. The summed E-state index contributed by atoms with van der Waals surface area (Å²) in [5.41, 5.74) is 0.143. The maximum atomic E-state index is 14.3. The first-order valence-corrected chi connectivity index (χ1v) is 8.69. The maximum Gasteiger partial charge on any atom is 0.266 e. The first-order valence-electron chi connectivity index (χ1n) is 7.71. The predicted octanol–water partition coefficient (Wildman–Crippen LogP) is 3.79. The van der Waals surface area contributed by atoms with Crippen molar-refractivity contribution in [1.29, 1.82) is 0 Å². The highest BCUT2D eigenvalue weighted by molar-refractivity contribution is 7.99. The summed E-state index contributed by atoms with van der Waals surface area (Å²) in [6.45, 7) is 0.579. The Balaban J connectivity index is 2.16. The number of ether oxygens (including phenoxy) is 1. The van der Waals surface area contributed by atoms with Crippen LogP contribution in [-0.2, 0) is 4.74 Å². The largest absolute Gasteiger partial charge is 0.385 e. The van der Waals surface area contributed by atoms with Crippen molar-refractivity contribution < 1.29 is 13.5 Å². The fourth-order valence-corrected chi connectivity index (χ4v) is 3.37. The summed E-state index contributed by atoms with van der Waals surface area (Å²) in [5.74, 6) is -0.850. The molecular weight excluding hydrogens is 346 g/mol. The van der Waals surface area contributed by atoms with Gasteiger partial charge in [0.05, 0.1) is 16.6 Å². The number of thioether (sulfide) groups is 1. The van der Waals surface area contributed by atoms with Crippen LogP contribution >= 0.6 is 11.8 Å². The van der Waals surface area contributed by atoms with E-state index in [1.165, 1.54) is 22.4 Å². The molecule has 0 bridgehead atoms. The average Bonchev–Trinajstić information content (AvgIpc) is 2.60. The van der Waals surface area contributed by atoms with E-state index in [0.717, 1.165) is 18.6 Å². The number of benzene rings is 2. The van der Waals surface area contributed by atoms with Crippen molar-refractivity contribution in [2.24, 2.45) is 0 Å². The van der Waals surface area contributed by atoms with Gasteiger partial charge >= 0.3 is 0 Å².